The van der Waals surface area contributed by atoms with Gasteiger partial charge in [0, 0.05) is 17.8 Å². The van der Waals surface area contributed by atoms with E-state index in [1.165, 1.54) is 11.3 Å². The summed E-state index contributed by atoms with van der Waals surface area (Å²) in [5.41, 5.74) is 6.84. The fraction of sp³-hybridized carbons (Fsp3) is 0.438. The van der Waals surface area contributed by atoms with Gasteiger partial charge in [-0.15, -0.1) is 11.3 Å². The summed E-state index contributed by atoms with van der Waals surface area (Å²) in [5.74, 6) is -0.169. The number of nitrogens with one attached hydrogen (secondary N) is 2. The van der Waals surface area contributed by atoms with E-state index in [4.69, 9.17) is 5.73 Å². The number of carbonyl (C=O) groups is 2. The van der Waals surface area contributed by atoms with Crippen LogP contribution in [0.5, 0.6) is 0 Å². The molecule has 0 spiro atoms. The lowest BCUT2D eigenvalue weighted by molar-refractivity contribution is -0.121. The van der Waals surface area contributed by atoms with E-state index in [2.05, 4.69) is 20.4 Å². The van der Waals surface area contributed by atoms with Gasteiger partial charge in [-0.2, -0.15) is 5.10 Å². The van der Waals surface area contributed by atoms with Gasteiger partial charge in [0.1, 0.15) is 5.00 Å². The van der Waals surface area contributed by atoms with Crippen molar-refractivity contribution in [1.29, 1.82) is 0 Å². The van der Waals surface area contributed by atoms with Crippen LogP contribution in [0.25, 0.3) is 0 Å². The number of likely N-dealkylation sites (tertiary alicyclic amines) is 1. The molecule has 1 saturated heterocycles. The molecule has 7 nitrogen and oxygen atoms in total. The topological polar surface area (TPSA) is 104 Å². The summed E-state index contributed by atoms with van der Waals surface area (Å²) in [5, 5.41) is 12.1. The van der Waals surface area contributed by atoms with Crippen molar-refractivity contribution < 1.29 is 9.59 Å². The number of thiophene rings is 1. The first-order chi connectivity index (χ1) is 11.6. The molecule has 3 heterocycles. The van der Waals surface area contributed by atoms with Crippen molar-refractivity contribution in [3.63, 3.8) is 0 Å². The molecule has 0 bridgehead atoms. The van der Waals surface area contributed by atoms with Crippen molar-refractivity contribution >= 4 is 28.2 Å². The molecule has 1 atom stereocenters. The van der Waals surface area contributed by atoms with Crippen LogP contribution in [-0.4, -0.2) is 46.0 Å². The van der Waals surface area contributed by atoms with Gasteiger partial charge in [-0.05, 0) is 50.4 Å². The molecule has 128 valence electrons. The summed E-state index contributed by atoms with van der Waals surface area (Å²) in [4.78, 5) is 26.0. The van der Waals surface area contributed by atoms with Gasteiger partial charge in [0.05, 0.1) is 11.6 Å². The molecule has 3 rings (SSSR count). The second-order valence-electron chi connectivity index (χ2n) is 6.02. The molecule has 1 aliphatic heterocycles. The fourth-order valence-electron chi connectivity index (χ4n) is 3.07. The van der Waals surface area contributed by atoms with Gasteiger partial charge in [0.2, 0.25) is 5.91 Å². The summed E-state index contributed by atoms with van der Waals surface area (Å²) in [7, 11) is 0. The lowest BCUT2D eigenvalue weighted by atomic mass is 9.93. The first kappa shape index (κ1) is 16.7. The zero-order valence-corrected chi connectivity index (χ0v) is 14.3. The van der Waals surface area contributed by atoms with Crippen molar-refractivity contribution in [3.05, 3.63) is 35.0 Å². The summed E-state index contributed by atoms with van der Waals surface area (Å²) >= 11 is 1.31. The monoisotopic (exact) mass is 347 g/mol. The predicted octanol–water partition coefficient (Wildman–Crippen LogP) is 1.78. The van der Waals surface area contributed by atoms with Crippen LogP contribution in [0.4, 0.5) is 5.00 Å². The molecule has 0 aromatic carbocycles. The number of carbonyl (C=O) groups excluding carboxylic acids is 2. The molecular formula is C16H21N5O2S. The molecule has 0 aliphatic carbocycles. The number of aromatic amines is 1. The highest BCUT2D eigenvalue weighted by molar-refractivity contribution is 7.14. The van der Waals surface area contributed by atoms with Crippen molar-refractivity contribution in [2.24, 2.45) is 5.73 Å². The van der Waals surface area contributed by atoms with Crippen molar-refractivity contribution in [2.45, 2.75) is 31.7 Å². The third kappa shape index (κ3) is 3.49. The Kier molecular flexibility index (Phi) is 4.96. The van der Waals surface area contributed by atoms with Gasteiger partial charge in [-0.3, -0.25) is 19.6 Å². The van der Waals surface area contributed by atoms with E-state index in [0.29, 0.717) is 16.5 Å². The number of rotatable bonds is 5. The minimum atomic E-state index is -0.528. The zero-order valence-electron chi connectivity index (χ0n) is 13.5. The van der Waals surface area contributed by atoms with E-state index in [0.717, 1.165) is 31.6 Å². The second-order valence-corrected chi connectivity index (χ2v) is 6.93. The Labute approximate surface area is 144 Å². The molecule has 0 radical (unpaired) electrons. The zero-order chi connectivity index (χ0) is 17.1. The first-order valence-corrected chi connectivity index (χ1v) is 8.85. The Morgan fingerprint density at radius 3 is 2.79 bits per heavy atom. The van der Waals surface area contributed by atoms with Crippen LogP contribution in [0, 0.1) is 0 Å². The number of aromatic nitrogens is 2. The Morgan fingerprint density at radius 1 is 1.42 bits per heavy atom. The maximum Gasteiger partial charge on any atom is 0.251 e. The van der Waals surface area contributed by atoms with E-state index >= 15 is 0 Å². The third-order valence-corrected chi connectivity index (χ3v) is 5.42. The lowest BCUT2D eigenvalue weighted by Gasteiger charge is -2.34. The summed E-state index contributed by atoms with van der Waals surface area (Å²) in [6.07, 6.45) is 3.76. The highest BCUT2D eigenvalue weighted by Gasteiger charge is 2.28. The molecule has 8 heteroatoms. The summed E-state index contributed by atoms with van der Waals surface area (Å²) in [6, 6.07) is 3.39. The van der Waals surface area contributed by atoms with E-state index < -0.39 is 5.91 Å². The van der Waals surface area contributed by atoms with Crippen LogP contribution in [-0.2, 0) is 4.79 Å². The molecule has 2 aromatic rings. The van der Waals surface area contributed by atoms with Gasteiger partial charge >= 0.3 is 0 Å². The van der Waals surface area contributed by atoms with Gasteiger partial charge in [0.15, 0.2) is 0 Å². The molecule has 2 aromatic heterocycles. The van der Waals surface area contributed by atoms with Crippen LogP contribution < -0.4 is 11.1 Å². The van der Waals surface area contributed by atoms with Crippen molar-refractivity contribution in [3.8, 4) is 0 Å². The van der Waals surface area contributed by atoms with Gasteiger partial charge in [-0.25, -0.2) is 0 Å². The average molecular weight is 347 g/mol. The predicted molar refractivity (Wildman–Crippen MR) is 93.1 cm³/mol. The molecule has 1 fully saturated rings. The van der Waals surface area contributed by atoms with Crippen LogP contribution in [0.1, 0.15) is 41.7 Å². The number of nitrogens with zero attached hydrogens (tertiary/aromatic N) is 2. The number of amides is 2. The molecule has 0 saturated carbocycles. The van der Waals surface area contributed by atoms with Crippen molar-refractivity contribution in [2.75, 3.05) is 18.4 Å². The Bertz CT molecular complexity index is 704. The molecular weight excluding hydrogens is 326 g/mol. The number of piperidine rings is 1. The summed E-state index contributed by atoms with van der Waals surface area (Å²) in [6.45, 7) is 3.60. The van der Waals surface area contributed by atoms with Crippen LogP contribution in [0.3, 0.4) is 0 Å². The van der Waals surface area contributed by atoms with Gasteiger partial charge < -0.3 is 11.1 Å². The van der Waals surface area contributed by atoms with Gasteiger partial charge in [0.25, 0.3) is 5.91 Å². The maximum atomic E-state index is 12.5. The number of H-pyrrole nitrogens is 1. The Hall–Kier alpha value is -2.19. The lowest BCUT2D eigenvalue weighted by Crippen LogP contribution is -2.45. The van der Waals surface area contributed by atoms with Crippen molar-refractivity contribution in [1.82, 2.24) is 15.1 Å². The molecule has 2 amide bonds. The minimum Gasteiger partial charge on any atom is -0.366 e. The third-order valence-electron chi connectivity index (χ3n) is 4.59. The fourth-order valence-corrected chi connectivity index (χ4v) is 3.87. The second kappa shape index (κ2) is 7.14. The summed E-state index contributed by atoms with van der Waals surface area (Å²) < 4.78 is 0. The number of hydrogen-bond donors (Lipinski definition) is 3. The van der Waals surface area contributed by atoms with Crippen LogP contribution in [0.2, 0.25) is 0 Å². The smallest absolute Gasteiger partial charge is 0.251 e. The number of anilines is 1. The first-order valence-electron chi connectivity index (χ1n) is 7.97. The van der Waals surface area contributed by atoms with Gasteiger partial charge in [-0.1, -0.05) is 0 Å². The Balaban J connectivity index is 1.56. The van der Waals surface area contributed by atoms with E-state index in [1.54, 1.807) is 17.6 Å². The number of hydrogen-bond acceptors (Lipinski definition) is 5. The Morgan fingerprint density at radius 2 is 2.17 bits per heavy atom. The standard InChI is InChI=1S/C16H21N5O2S/c1-10(15(23)19-16-12(14(17)22)5-9-24-16)21-7-3-11(4-8-21)13-2-6-18-20-13/h2,5-6,9-11H,3-4,7-8H2,1H3,(H2,17,22)(H,18,20)(H,19,23). The molecule has 1 aliphatic rings. The quantitative estimate of drug-likeness (QED) is 0.767. The average Bonchev–Trinajstić information content (AvgIpc) is 3.26. The molecule has 1 unspecified atom stereocenters. The van der Waals surface area contributed by atoms with E-state index in [1.807, 2.05) is 13.0 Å². The number of nitrogens with two attached hydrogens (primary N) is 1. The normalized spacial score (nSPS) is 17.5. The molecule has 24 heavy (non-hydrogen) atoms. The van der Waals surface area contributed by atoms with Crippen LogP contribution in [0.15, 0.2) is 23.7 Å². The largest absolute Gasteiger partial charge is 0.366 e. The SMILES string of the molecule is CC(C(=O)Nc1sccc1C(N)=O)N1CCC(c2ccn[nH]2)CC1. The molecule has 4 N–H and O–H groups in total. The highest BCUT2D eigenvalue weighted by atomic mass is 32.1. The van der Waals surface area contributed by atoms with E-state index in [-0.39, 0.29) is 11.9 Å². The number of primary amides is 1. The van der Waals surface area contributed by atoms with E-state index in [9.17, 15) is 9.59 Å². The van der Waals surface area contributed by atoms with Crippen LogP contribution >= 0.6 is 11.3 Å². The maximum absolute atomic E-state index is 12.5. The minimum absolute atomic E-state index is 0.111. The highest BCUT2D eigenvalue weighted by Crippen LogP contribution is 2.28.